The summed E-state index contributed by atoms with van der Waals surface area (Å²) in [5.74, 6) is 1.96. The lowest BCUT2D eigenvalue weighted by Gasteiger charge is -2.16. The van der Waals surface area contributed by atoms with Crippen LogP contribution < -0.4 is 20.6 Å². The average Bonchev–Trinajstić information content (AvgIpc) is 2.88. The maximum Gasteiger partial charge on any atom is 0.205 e. The molecule has 0 radical (unpaired) electrons. The lowest BCUT2D eigenvalue weighted by Crippen LogP contribution is -2.09. The maximum atomic E-state index is 5.85. The summed E-state index contributed by atoms with van der Waals surface area (Å²) >= 11 is 3.64. The van der Waals surface area contributed by atoms with Gasteiger partial charge in [0.25, 0.3) is 0 Å². The molecular weight excluding hydrogens is 427 g/mol. The van der Waals surface area contributed by atoms with Crippen molar-refractivity contribution in [2.75, 3.05) is 17.8 Å². The van der Waals surface area contributed by atoms with E-state index < -0.39 is 0 Å². The highest BCUT2D eigenvalue weighted by atomic mass is 127. The van der Waals surface area contributed by atoms with Crippen LogP contribution in [-0.4, -0.2) is 23.9 Å². The monoisotopic (exact) mass is 446 g/mol. The molecule has 0 saturated carbocycles. The van der Waals surface area contributed by atoms with Crippen LogP contribution in [0, 0.1) is 3.57 Å². The van der Waals surface area contributed by atoms with E-state index >= 15 is 0 Å². The van der Waals surface area contributed by atoms with E-state index in [0.29, 0.717) is 23.3 Å². The van der Waals surface area contributed by atoms with Crippen molar-refractivity contribution in [1.29, 1.82) is 0 Å². The number of rotatable bonds is 7. The molecule has 1 aromatic carbocycles. The molecule has 3 N–H and O–H groups in total. The number of hydrogen-bond acceptors (Lipinski definition) is 7. The van der Waals surface area contributed by atoms with E-state index in [-0.39, 0.29) is 6.10 Å². The summed E-state index contributed by atoms with van der Waals surface area (Å²) in [5.41, 5.74) is 9.33. The first-order valence-corrected chi connectivity index (χ1v) is 9.08. The van der Waals surface area contributed by atoms with Crippen LogP contribution in [-0.2, 0) is 0 Å². The van der Waals surface area contributed by atoms with E-state index in [1.54, 1.807) is 11.6 Å². The molecule has 0 aliphatic heterocycles. The number of hydrogen-bond donors (Lipinski definition) is 2. The molecule has 0 spiro atoms. The minimum absolute atomic E-state index is 0.0827. The van der Waals surface area contributed by atoms with E-state index in [9.17, 15) is 0 Å². The molecule has 8 heteroatoms. The van der Waals surface area contributed by atoms with Gasteiger partial charge in [0, 0.05) is 5.38 Å². The van der Waals surface area contributed by atoms with E-state index in [4.69, 9.17) is 15.2 Å². The summed E-state index contributed by atoms with van der Waals surface area (Å²) in [7, 11) is 0. The first kappa shape index (κ1) is 17.8. The Morgan fingerprint density at radius 3 is 2.87 bits per heavy atom. The zero-order valence-electron chi connectivity index (χ0n) is 13.2. The number of anilines is 2. The predicted octanol–water partition coefficient (Wildman–Crippen LogP) is 3.96. The predicted molar refractivity (Wildman–Crippen MR) is 104 cm³/mol. The Morgan fingerprint density at radius 1 is 1.48 bits per heavy atom. The molecule has 1 heterocycles. The number of nitrogens with two attached hydrogens (primary N) is 1. The number of nitrogens with one attached hydrogen (secondary N) is 1. The third kappa shape index (κ3) is 5.24. The summed E-state index contributed by atoms with van der Waals surface area (Å²) in [6.45, 7) is 6.50. The second kappa shape index (κ2) is 8.34. The highest BCUT2D eigenvalue weighted by Gasteiger charge is 2.13. The van der Waals surface area contributed by atoms with Crippen molar-refractivity contribution in [3.63, 3.8) is 0 Å². The summed E-state index contributed by atoms with van der Waals surface area (Å²) < 4.78 is 12.5. The van der Waals surface area contributed by atoms with Gasteiger partial charge < -0.3 is 15.2 Å². The Hall–Kier alpha value is -1.55. The van der Waals surface area contributed by atoms with Gasteiger partial charge in [-0.15, -0.1) is 11.3 Å². The van der Waals surface area contributed by atoms with Crippen LogP contribution in [0.3, 0.4) is 0 Å². The molecular formula is C15H19IN4O2S. The van der Waals surface area contributed by atoms with Gasteiger partial charge in [-0.05, 0) is 61.1 Å². The van der Waals surface area contributed by atoms with Crippen LogP contribution in [0.5, 0.6) is 11.5 Å². The van der Waals surface area contributed by atoms with Crippen molar-refractivity contribution in [3.05, 3.63) is 26.6 Å². The summed E-state index contributed by atoms with van der Waals surface area (Å²) in [6, 6.07) is 3.90. The van der Waals surface area contributed by atoms with Crippen molar-refractivity contribution in [3.8, 4) is 11.5 Å². The zero-order chi connectivity index (χ0) is 16.8. The smallest absolute Gasteiger partial charge is 0.205 e. The molecule has 0 atom stereocenters. The van der Waals surface area contributed by atoms with Crippen LogP contribution in [0.25, 0.3) is 0 Å². The third-order valence-corrected chi connectivity index (χ3v) is 4.15. The van der Waals surface area contributed by atoms with Gasteiger partial charge in [-0.3, -0.25) is 5.43 Å². The Kier molecular flexibility index (Phi) is 6.46. The second-order valence-corrected chi connectivity index (χ2v) is 6.90. The maximum absolute atomic E-state index is 5.85. The van der Waals surface area contributed by atoms with Gasteiger partial charge in [-0.2, -0.15) is 5.10 Å². The van der Waals surface area contributed by atoms with Crippen LogP contribution in [0.1, 0.15) is 26.3 Å². The van der Waals surface area contributed by atoms with E-state index in [2.05, 4.69) is 38.1 Å². The molecule has 2 aromatic rings. The van der Waals surface area contributed by atoms with Gasteiger partial charge in [-0.25, -0.2) is 4.98 Å². The van der Waals surface area contributed by atoms with Gasteiger partial charge in [0.05, 0.1) is 22.5 Å². The third-order valence-electron chi connectivity index (χ3n) is 2.58. The Morgan fingerprint density at radius 2 is 2.26 bits per heavy atom. The van der Waals surface area contributed by atoms with Crippen LogP contribution in [0.2, 0.25) is 0 Å². The molecule has 0 fully saturated rings. The number of halogens is 1. The normalized spacial score (nSPS) is 11.2. The fraction of sp³-hybridized carbons (Fsp3) is 0.333. The number of hydrazone groups is 1. The standard InChI is InChI=1S/C15H19IN4O2S/c1-4-21-12-6-10(5-11(16)14(12)22-9(2)3)7-18-20-15-19-13(17)8-23-15/h5-9H,4,17H2,1-3H3,(H,19,20). The molecule has 0 aliphatic carbocycles. The molecule has 0 bridgehead atoms. The largest absolute Gasteiger partial charge is 0.490 e. The van der Waals surface area contributed by atoms with Gasteiger partial charge >= 0.3 is 0 Å². The van der Waals surface area contributed by atoms with E-state index in [1.165, 1.54) is 11.3 Å². The highest BCUT2D eigenvalue weighted by molar-refractivity contribution is 14.1. The quantitative estimate of drug-likeness (QED) is 0.382. The number of aromatic nitrogens is 1. The molecule has 0 amide bonds. The van der Waals surface area contributed by atoms with Crippen LogP contribution >= 0.6 is 33.9 Å². The number of benzene rings is 1. The minimum atomic E-state index is 0.0827. The Bertz CT molecular complexity index is 688. The molecule has 0 aliphatic rings. The highest BCUT2D eigenvalue weighted by Crippen LogP contribution is 2.34. The Balaban J connectivity index is 2.18. The average molecular weight is 446 g/mol. The van der Waals surface area contributed by atoms with Crippen molar-refractivity contribution in [2.24, 2.45) is 5.10 Å². The number of nitrogen functional groups attached to an aromatic ring is 1. The van der Waals surface area contributed by atoms with Crippen molar-refractivity contribution < 1.29 is 9.47 Å². The fourth-order valence-corrected chi connectivity index (χ4v) is 3.08. The zero-order valence-corrected chi connectivity index (χ0v) is 16.1. The molecule has 0 saturated heterocycles. The molecule has 23 heavy (non-hydrogen) atoms. The second-order valence-electron chi connectivity index (χ2n) is 4.88. The van der Waals surface area contributed by atoms with Gasteiger partial charge in [0.1, 0.15) is 5.82 Å². The van der Waals surface area contributed by atoms with E-state index in [0.717, 1.165) is 14.9 Å². The van der Waals surface area contributed by atoms with Gasteiger partial charge in [-0.1, -0.05) is 0 Å². The summed E-state index contributed by atoms with van der Waals surface area (Å²) in [6.07, 6.45) is 1.79. The molecule has 6 nitrogen and oxygen atoms in total. The SMILES string of the molecule is CCOc1cc(C=NNc2nc(N)cs2)cc(I)c1OC(C)C. The number of nitrogens with zero attached hydrogens (tertiary/aromatic N) is 2. The summed E-state index contributed by atoms with van der Waals surface area (Å²) in [5, 5.41) is 6.58. The summed E-state index contributed by atoms with van der Waals surface area (Å²) in [4.78, 5) is 4.08. The van der Waals surface area contributed by atoms with Gasteiger partial charge in [0.15, 0.2) is 11.5 Å². The first-order chi connectivity index (χ1) is 11.0. The topological polar surface area (TPSA) is 81.8 Å². The number of ether oxygens (including phenoxy) is 2. The van der Waals surface area contributed by atoms with E-state index in [1.807, 2.05) is 32.9 Å². The van der Waals surface area contributed by atoms with Crippen molar-refractivity contribution in [1.82, 2.24) is 4.98 Å². The van der Waals surface area contributed by atoms with Gasteiger partial charge in [0.2, 0.25) is 5.13 Å². The molecule has 124 valence electrons. The molecule has 2 rings (SSSR count). The van der Waals surface area contributed by atoms with Crippen molar-refractivity contribution in [2.45, 2.75) is 26.9 Å². The van der Waals surface area contributed by atoms with Crippen molar-refractivity contribution >= 4 is 51.1 Å². The Labute approximate surface area is 153 Å². The number of thiazole rings is 1. The first-order valence-electron chi connectivity index (χ1n) is 7.12. The molecule has 0 unspecified atom stereocenters. The molecule has 1 aromatic heterocycles. The fourth-order valence-electron chi connectivity index (χ4n) is 1.78. The van der Waals surface area contributed by atoms with Crippen LogP contribution in [0.4, 0.5) is 10.9 Å². The lowest BCUT2D eigenvalue weighted by atomic mass is 10.2. The lowest BCUT2D eigenvalue weighted by molar-refractivity contribution is 0.222. The minimum Gasteiger partial charge on any atom is -0.490 e. The van der Waals surface area contributed by atoms with Crippen LogP contribution in [0.15, 0.2) is 22.6 Å².